The second-order valence-electron chi connectivity index (χ2n) is 4.22. The Labute approximate surface area is 73.9 Å². The van der Waals surface area contributed by atoms with Gasteiger partial charge in [0, 0.05) is 6.04 Å². The van der Waals surface area contributed by atoms with E-state index in [4.69, 9.17) is 0 Å². The molecule has 1 aliphatic heterocycles. The molecule has 1 saturated heterocycles. The molecule has 1 saturated carbocycles. The van der Waals surface area contributed by atoms with Crippen LogP contribution in [0.5, 0.6) is 0 Å². The number of likely N-dealkylation sites (tertiary alicyclic amines) is 1. The third-order valence-electron chi connectivity index (χ3n) is 3.62. The molecule has 1 aliphatic carbocycles. The number of carbonyl (C=O) groups excluding carboxylic acids is 1. The van der Waals surface area contributed by atoms with E-state index in [9.17, 15) is 4.79 Å². The van der Waals surface area contributed by atoms with Crippen LogP contribution in [0.15, 0.2) is 0 Å². The molecule has 0 aromatic rings. The maximum Gasteiger partial charge on any atom is 0.137 e. The Balaban J connectivity index is 2.07. The summed E-state index contributed by atoms with van der Waals surface area (Å²) in [6.45, 7) is 0. The lowest BCUT2D eigenvalue weighted by atomic mass is 9.85. The lowest BCUT2D eigenvalue weighted by Gasteiger charge is -2.29. The van der Waals surface area contributed by atoms with Gasteiger partial charge in [-0.1, -0.05) is 12.8 Å². The van der Waals surface area contributed by atoms with Crippen LogP contribution in [0.4, 0.5) is 0 Å². The first-order chi connectivity index (χ1) is 5.83. The standard InChI is InChI=1S/C10H17NO/c1-11-9(7-12)6-8-4-2-3-5-10(8)11/h7-10H,2-6H2,1H3/t8?,9-,10?/m0/s1. The molecule has 2 nitrogen and oxygen atoms in total. The van der Waals surface area contributed by atoms with Crippen molar-refractivity contribution >= 4 is 6.29 Å². The highest BCUT2D eigenvalue weighted by atomic mass is 16.1. The Kier molecular flexibility index (Phi) is 2.18. The summed E-state index contributed by atoms with van der Waals surface area (Å²) in [6.07, 6.45) is 7.63. The van der Waals surface area contributed by atoms with Crippen LogP contribution < -0.4 is 0 Å². The SMILES string of the molecule is CN1C2CCCCC2C[C@H]1C=O. The maximum absolute atomic E-state index is 10.7. The van der Waals surface area contributed by atoms with Crippen LogP contribution in [-0.2, 0) is 4.79 Å². The normalized spacial score (nSPS) is 42.6. The molecular formula is C10H17NO. The molecule has 2 aliphatic rings. The first-order valence-electron chi connectivity index (χ1n) is 5.00. The average molecular weight is 167 g/mol. The first kappa shape index (κ1) is 8.24. The van der Waals surface area contributed by atoms with Gasteiger partial charge in [-0.05, 0) is 32.2 Å². The van der Waals surface area contributed by atoms with Gasteiger partial charge in [0.2, 0.25) is 0 Å². The molecule has 0 bridgehead atoms. The minimum absolute atomic E-state index is 0.220. The van der Waals surface area contributed by atoms with E-state index >= 15 is 0 Å². The van der Waals surface area contributed by atoms with Crippen molar-refractivity contribution < 1.29 is 4.79 Å². The minimum atomic E-state index is 0.220. The number of nitrogens with zero attached hydrogens (tertiary/aromatic N) is 1. The number of hydrogen-bond donors (Lipinski definition) is 0. The first-order valence-corrected chi connectivity index (χ1v) is 5.00. The summed E-state index contributed by atoms with van der Waals surface area (Å²) in [5.74, 6) is 0.818. The van der Waals surface area contributed by atoms with Crippen LogP contribution >= 0.6 is 0 Å². The van der Waals surface area contributed by atoms with Crippen molar-refractivity contribution in [3.63, 3.8) is 0 Å². The van der Waals surface area contributed by atoms with Crippen LogP contribution in [0.1, 0.15) is 32.1 Å². The van der Waals surface area contributed by atoms with Gasteiger partial charge in [0.1, 0.15) is 6.29 Å². The predicted molar refractivity (Wildman–Crippen MR) is 48.0 cm³/mol. The van der Waals surface area contributed by atoms with Crippen LogP contribution in [0.2, 0.25) is 0 Å². The summed E-state index contributed by atoms with van der Waals surface area (Å²) >= 11 is 0. The Morgan fingerprint density at radius 1 is 1.33 bits per heavy atom. The Hall–Kier alpha value is -0.370. The number of likely N-dealkylation sites (N-methyl/N-ethyl adjacent to an activating group) is 1. The molecule has 3 atom stereocenters. The highest BCUT2D eigenvalue weighted by Gasteiger charge is 2.39. The number of hydrogen-bond acceptors (Lipinski definition) is 2. The number of fused-ring (bicyclic) bond motifs is 1. The molecule has 2 heteroatoms. The van der Waals surface area contributed by atoms with Gasteiger partial charge in [-0.15, -0.1) is 0 Å². The third-order valence-corrected chi connectivity index (χ3v) is 3.62. The van der Waals surface area contributed by atoms with Crippen molar-refractivity contribution in [2.24, 2.45) is 5.92 Å². The number of carbonyl (C=O) groups is 1. The summed E-state index contributed by atoms with van der Waals surface area (Å²) in [7, 11) is 2.11. The van der Waals surface area contributed by atoms with E-state index in [1.54, 1.807) is 0 Å². The molecule has 0 radical (unpaired) electrons. The van der Waals surface area contributed by atoms with E-state index in [1.807, 2.05) is 0 Å². The largest absolute Gasteiger partial charge is 0.302 e. The van der Waals surface area contributed by atoms with E-state index in [0.717, 1.165) is 18.6 Å². The minimum Gasteiger partial charge on any atom is -0.302 e. The van der Waals surface area contributed by atoms with Crippen LogP contribution in [-0.4, -0.2) is 30.3 Å². The van der Waals surface area contributed by atoms with Crippen LogP contribution in [0, 0.1) is 5.92 Å². The molecule has 2 rings (SSSR count). The molecular weight excluding hydrogens is 150 g/mol. The van der Waals surface area contributed by atoms with Gasteiger partial charge in [-0.2, -0.15) is 0 Å². The molecule has 2 unspecified atom stereocenters. The average Bonchev–Trinajstić information content (AvgIpc) is 2.44. The predicted octanol–water partition coefficient (Wildman–Crippen LogP) is 1.45. The summed E-state index contributed by atoms with van der Waals surface area (Å²) in [5.41, 5.74) is 0. The van der Waals surface area contributed by atoms with Crippen molar-refractivity contribution in [1.29, 1.82) is 0 Å². The summed E-state index contributed by atoms with van der Waals surface area (Å²) in [4.78, 5) is 13.0. The highest BCUT2D eigenvalue weighted by Crippen LogP contribution is 2.37. The van der Waals surface area contributed by atoms with E-state index in [1.165, 1.54) is 25.7 Å². The second-order valence-corrected chi connectivity index (χ2v) is 4.22. The van der Waals surface area contributed by atoms with Crippen molar-refractivity contribution in [3.05, 3.63) is 0 Å². The topological polar surface area (TPSA) is 20.3 Å². The van der Waals surface area contributed by atoms with Gasteiger partial charge >= 0.3 is 0 Å². The maximum atomic E-state index is 10.7. The Bertz CT molecular complexity index is 181. The van der Waals surface area contributed by atoms with Crippen molar-refractivity contribution in [1.82, 2.24) is 4.90 Å². The zero-order valence-electron chi connectivity index (χ0n) is 7.70. The lowest BCUT2D eigenvalue weighted by Crippen LogP contribution is -2.35. The molecule has 1 heterocycles. The molecule has 0 aromatic heterocycles. The Morgan fingerprint density at radius 2 is 2.08 bits per heavy atom. The number of aldehydes is 1. The summed E-state index contributed by atoms with van der Waals surface area (Å²) in [6, 6.07) is 0.937. The van der Waals surface area contributed by atoms with Crippen LogP contribution in [0.3, 0.4) is 0 Å². The van der Waals surface area contributed by atoms with Gasteiger partial charge in [0.15, 0.2) is 0 Å². The van der Waals surface area contributed by atoms with Crippen LogP contribution in [0.25, 0.3) is 0 Å². The third kappa shape index (κ3) is 1.18. The fourth-order valence-corrected chi connectivity index (χ4v) is 2.87. The molecule has 12 heavy (non-hydrogen) atoms. The van der Waals surface area contributed by atoms with Crippen molar-refractivity contribution in [2.45, 2.75) is 44.2 Å². The lowest BCUT2D eigenvalue weighted by molar-refractivity contribution is -0.111. The highest BCUT2D eigenvalue weighted by molar-refractivity contribution is 5.58. The zero-order valence-corrected chi connectivity index (χ0v) is 7.70. The molecule has 0 spiro atoms. The van der Waals surface area contributed by atoms with Crippen molar-refractivity contribution in [2.75, 3.05) is 7.05 Å². The summed E-state index contributed by atoms with van der Waals surface area (Å²) in [5, 5.41) is 0. The number of rotatable bonds is 1. The molecule has 2 fully saturated rings. The fraction of sp³-hybridized carbons (Fsp3) is 0.900. The van der Waals surface area contributed by atoms with E-state index in [2.05, 4.69) is 11.9 Å². The zero-order chi connectivity index (χ0) is 8.55. The van der Waals surface area contributed by atoms with E-state index in [-0.39, 0.29) is 6.04 Å². The second kappa shape index (κ2) is 3.17. The van der Waals surface area contributed by atoms with E-state index < -0.39 is 0 Å². The molecule has 0 N–H and O–H groups in total. The van der Waals surface area contributed by atoms with E-state index in [0.29, 0.717) is 6.04 Å². The quantitative estimate of drug-likeness (QED) is 0.551. The van der Waals surface area contributed by atoms with Gasteiger partial charge < -0.3 is 4.79 Å². The van der Waals surface area contributed by atoms with Gasteiger partial charge in [-0.3, -0.25) is 4.90 Å². The molecule has 0 aromatic carbocycles. The van der Waals surface area contributed by atoms with Gasteiger partial charge in [-0.25, -0.2) is 0 Å². The monoisotopic (exact) mass is 167 g/mol. The molecule has 0 amide bonds. The van der Waals surface area contributed by atoms with Crippen molar-refractivity contribution in [3.8, 4) is 0 Å². The van der Waals surface area contributed by atoms with Gasteiger partial charge in [0.25, 0.3) is 0 Å². The Morgan fingerprint density at radius 3 is 2.75 bits per heavy atom. The summed E-state index contributed by atoms with van der Waals surface area (Å²) < 4.78 is 0. The fourth-order valence-electron chi connectivity index (χ4n) is 2.87. The molecule has 68 valence electrons. The van der Waals surface area contributed by atoms with Gasteiger partial charge in [0.05, 0.1) is 6.04 Å². The smallest absolute Gasteiger partial charge is 0.137 e.